The fourth-order valence-corrected chi connectivity index (χ4v) is 5.25. The van der Waals surface area contributed by atoms with Crippen molar-refractivity contribution in [2.45, 2.75) is 70.7 Å². The Labute approximate surface area is 361 Å². The van der Waals surface area contributed by atoms with Crippen LogP contribution in [-0.2, 0) is 49.6 Å². The molecule has 21 nitrogen and oxygen atoms in total. The van der Waals surface area contributed by atoms with E-state index in [2.05, 4.69) is 42.5 Å². The van der Waals surface area contributed by atoms with Gasteiger partial charge in [-0.05, 0) is 37.0 Å². The van der Waals surface area contributed by atoms with Crippen molar-refractivity contribution in [3.63, 3.8) is 0 Å². The fraction of sp³-hybridized carbons (Fsp3) is 0.447. The van der Waals surface area contributed by atoms with Gasteiger partial charge in [0.15, 0.2) is 0 Å². The molecule has 0 spiro atoms. The summed E-state index contributed by atoms with van der Waals surface area (Å²) in [5.41, 5.74) is 5.57. The smallest absolute Gasteiger partial charge is 0.245 e. The van der Waals surface area contributed by atoms with Gasteiger partial charge in [-0.15, -0.1) is 0 Å². The lowest BCUT2D eigenvalue weighted by molar-refractivity contribution is -0.134. The summed E-state index contributed by atoms with van der Waals surface area (Å²) >= 11 is 0. The van der Waals surface area contributed by atoms with Gasteiger partial charge >= 0.3 is 0 Å². The topological polar surface area (TPSA) is 326 Å². The van der Waals surface area contributed by atoms with Gasteiger partial charge in [-0.2, -0.15) is 8.78 Å². The van der Waals surface area contributed by atoms with E-state index in [1.807, 2.05) is 0 Å². The largest absolute Gasteiger partial charge is 0.451 e. The predicted molar refractivity (Wildman–Crippen MR) is 209 cm³/mol. The van der Waals surface area contributed by atoms with E-state index in [1.54, 1.807) is 13.8 Å². The first-order valence-electron chi connectivity index (χ1n) is 19.1. The number of aliphatic hydroxyl groups is 2. The van der Waals surface area contributed by atoms with Crippen molar-refractivity contribution >= 4 is 53.2 Å². The van der Waals surface area contributed by atoms with Gasteiger partial charge in [0.25, 0.3) is 0 Å². The van der Waals surface area contributed by atoms with Gasteiger partial charge < -0.3 is 63.2 Å². The van der Waals surface area contributed by atoms with Crippen LogP contribution in [0.25, 0.3) is 0 Å². The third kappa shape index (κ3) is 16.7. The molecule has 12 N–H and O–H groups in total. The highest BCUT2D eigenvalue weighted by atomic mass is 19.2. The molecule has 0 aliphatic rings. The van der Waals surface area contributed by atoms with E-state index >= 15 is 0 Å². The van der Waals surface area contributed by atoms with E-state index in [9.17, 15) is 75.3 Å². The lowest BCUT2D eigenvalue weighted by Gasteiger charge is -2.22. The van der Waals surface area contributed by atoms with E-state index in [4.69, 9.17) is 10.5 Å². The maximum atomic E-state index is 14.0. The minimum Gasteiger partial charge on any atom is -0.451 e. The van der Waals surface area contributed by atoms with Crippen LogP contribution < -0.4 is 53.0 Å². The molecule has 0 heterocycles. The van der Waals surface area contributed by atoms with Gasteiger partial charge in [0.2, 0.25) is 88.0 Å². The number of carbonyl (C=O) groups is 9. The van der Waals surface area contributed by atoms with Gasteiger partial charge in [0, 0.05) is 13.3 Å². The second-order valence-corrected chi connectivity index (χ2v) is 14.2. The monoisotopic (exact) mass is 917 g/mol. The number of hydrogen-bond donors (Lipinski definition) is 11. The highest BCUT2D eigenvalue weighted by Gasteiger charge is 2.30. The summed E-state index contributed by atoms with van der Waals surface area (Å²) in [6.45, 7) is 1.81. The summed E-state index contributed by atoms with van der Waals surface area (Å²) < 4.78 is 73.4. The minimum atomic E-state index is -2.38. The average Bonchev–Trinajstić information content (AvgIpc) is 3.24. The Hall–Kier alpha value is -6.96. The normalized spacial score (nSPS) is 13.2. The summed E-state index contributed by atoms with van der Waals surface area (Å²) in [6.07, 6.45) is -0.0558. The van der Waals surface area contributed by atoms with Gasteiger partial charge in [-0.1, -0.05) is 26.0 Å². The molecule has 2 aromatic carbocycles. The van der Waals surface area contributed by atoms with Crippen molar-refractivity contribution in [1.82, 2.24) is 42.5 Å². The fourth-order valence-electron chi connectivity index (χ4n) is 5.25. The number of nitrogens with two attached hydrogens (primary N) is 1. The maximum absolute atomic E-state index is 14.0. The Kier molecular flexibility index (Phi) is 21.0. The third-order valence-electron chi connectivity index (χ3n) is 8.53. The van der Waals surface area contributed by atoms with Gasteiger partial charge in [-0.25, -0.2) is 13.2 Å². The first-order valence-corrected chi connectivity index (χ1v) is 19.1. The third-order valence-corrected chi connectivity index (χ3v) is 8.53. The molecule has 26 heteroatoms. The first kappa shape index (κ1) is 53.2. The molecule has 352 valence electrons. The Balaban J connectivity index is 1.85. The summed E-state index contributed by atoms with van der Waals surface area (Å²) in [5, 5.41) is 37.1. The molecule has 0 fully saturated rings. The zero-order chi connectivity index (χ0) is 48.4. The van der Waals surface area contributed by atoms with Crippen LogP contribution in [0.4, 0.5) is 22.0 Å². The maximum Gasteiger partial charge on any atom is 0.245 e. The van der Waals surface area contributed by atoms with Crippen LogP contribution >= 0.6 is 0 Å². The number of rotatable bonds is 24. The van der Waals surface area contributed by atoms with Crippen molar-refractivity contribution in [2.24, 2.45) is 11.7 Å². The van der Waals surface area contributed by atoms with Crippen molar-refractivity contribution < 1.29 is 80.1 Å². The lowest BCUT2D eigenvalue weighted by Crippen LogP contribution is -2.57. The summed E-state index contributed by atoms with van der Waals surface area (Å²) in [4.78, 5) is 111. The van der Waals surface area contributed by atoms with Crippen LogP contribution in [-0.4, -0.2) is 126 Å². The number of aliphatic hydroxyl groups excluding tert-OH is 2. The molecule has 0 aliphatic heterocycles. The zero-order valence-electron chi connectivity index (χ0n) is 34.7. The number of hydrogen-bond acceptors (Lipinski definition) is 12. The molecule has 0 unspecified atom stereocenters. The molecule has 64 heavy (non-hydrogen) atoms. The standard InChI is InChI=1S/C38H48F5N9O12/c1-16(2)9-21(34(44)59)51-35(60)17(3)48-38(63)24(15-54)50-27(58)13-46-25(56)11-45-26(57)12-47-36(61)23(14-53)52-37(62)22(49-18(4)55)10-19-5-7-20(8-6-19)64-33-31(42)29(40)28(39)30(41)32(33)43/h5-8,16-17,21-24,53-54H,9-15H2,1-4H3,(H2,44,59)(H,45,57)(H,46,56)(H,47,61)(H,48,63)(H,49,55)(H,50,58)(H,51,60)(H,52,62)/t17-,21-,22-,23-,24-/m0/s1. The summed E-state index contributed by atoms with van der Waals surface area (Å²) in [6, 6.07) is -2.27. The van der Waals surface area contributed by atoms with E-state index in [0.29, 0.717) is 0 Å². The Morgan fingerprint density at radius 1 is 0.578 bits per heavy atom. The van der Waals surface area contributed by atoms with E-state index in [0.717, 1.165) is 19.1 Å². The molecule has 2 rings (SSSR count). The number of carbonyl (C=O) groups excluding carboxylic acids is 9. The van der Waals surface area contributed by atoms with Crippen LogP contribution in [0.15, 0.2) is 24.3 Å². The average molecular weight is 918 g/mol. The van der Waals surface area contributed by atoms with Crippen LogP contribution in [0.1, 0.15) is 39.7 Å². The Morgan fingerprint density at radius 3 is 1.55 bits per heavy atom. The molecule has 5 atom stereocenters. The molecule has 0 saturated carbocycles. The molecule has 0 aliphatic carbocycles. The second kappa shape index (κ2) is 25.2. The molecule has 0 aromatic heterocycles. The SMILES string of the molecule is CC(=O)N[C@@H](Cc1ccc(Oc2c(F)c(F)c(F)c(F)c2F)cc1)C(=O)N[C@@H](CO)C(=O)NCC(=O)NCC(=O)NCC(=O)N[C@@H](CO)C(=O)N[C@@H](C)C(=O)N[C@@H](CC(C)C)C(N)=O. The quantitative estimate of drug-likeness (QED) is 0.0286. The lowest BCUT2D eigenvalue weighted by atomic mass is 10.0. The van der Waals surface area contributed by atoms with Crippen molar-refractivity contribution in [3.05, 3.63) is 58.9 Å². The molecule has 0 saturated heterocycles. The molecule has 9 amide bonds. The molecule has 0 bridgehead atoms. The molecular weight excluding hydrogens is 869 g/mol. The van der Waals surface area contributed by atoms with Crippen LogP contribution in [0.3, 0.4) is 0 Å². The van der Waals surface area contributed by atoms with E-state index in [-0.39, 0.29) is 30.1 Å². The first-order chi connectivity index (χ1) is 30.0. The number of benzene rings is 2. The predicted octanol–water partition coefficient (Wildman–Crippen LogP) is -2.95. The molecule has 0 radical (unpaired) electrons. The zero-order valence-corrected chi connectivity index (χ0v) is 34.7. The number of amides is 9. The number of nitrogens with one attached hydrogen (secondary N) is 8. The van der Waals surface area contributed by atoms with Crippen molar-refractivity contribution in [2.75, 3.05) is 32.8 Å². The molecule has 2 aromatic rings. The molecular formula is C38H48F5N9O12. The summed E-state index contributed by atoms with van der Waals surface area (Å²) in [7, 11) is 0. The minimum absolute atomic E-state index is 0.00630. The Morgan fingerprint density at radius 2 is 1.05 bits per heavy atom. The highest BCUT2D eigenvalue weighted by molar-refractivity contribution is 5.96. The van der Waals surface area contributed by atoms with E-state index in [1.165, 1.54) is 19.1 Å². The van der Waals surface area contributed by atoms with Gasteiger partial charge in [0.05, 0.1) is 32.8 Å². The van der Waals surface area contributed by atoms with Gasteiger partial charge in [0.1, 0.15) is 36.0 Å². The summed E-state index contributed by atoms with van der Waals surface area (Å²) in [5.74, 6) is -21.3. The van der Waals surface area contributed by atoms with Crippen LogP contribution in [0, 0.1) is 35.0 Å². The van der Waals surface area contributed by atoms with Crippen LogP contribution in [0.5, 0.6) is 11.5 Å². The van der Waals surface area contributed by atoms with E-state index < -0.39 is 151 Å². The second-order valence-electron chi connectivity index (χ2n) is 14.2. The van der Waals surface area contributed by atoms with Crippen LogP contribution in [0.2, 0.25) is 0 Å². The van der Waals surface area contributed by atoms with Crippen molar-refractivity contribution in [1.29, 1.82) is 0 Å². The number of ether oxygens (including phenoxy) is 1. The van der Waals surface area contributed by atoms with Gasteiger partial charge in [-0.3, -0.25) is 43.2 Å². The number of primary amides is 1. The highest BCUT2D eigenvalue weighted by Crippen LogP contribution is 2.32. The number of halogens is 5. The van der Waals surface area contributed by atoms with Crippen molar-refractivity contribution in [3.8, 4) is 11.5 Å². The Bertz CT molecular complexity index is 2030.